The maximum absolute atomic E-state index is 5.95. The van der Waals surface area contributed by atoms with Gasteiger partial charge in [-0.25, -0.2) is 4.98 Å². The molecule has 0 saturated carbocycles. The van der Waals surface area contributed by atoms with Crippen LogP contribution in [0.1, 0.15) is 36.4 Å². The third kappa shape index (κ3) is 2.44. The molecule has 21 heavy (non-hydrogen) atoms. The Kier molecular flexibility index (Phi) is 2.82. The number of benzene rings is 1. The van der Waals surface area contributed by atoms with Gasteiger partial charge in [-0.1, -0.05) is 12.1 Å². The van der Waals surface area contributed by atoms with Gasteiger partial charge >= 0.3 is 0 Å². The van der Waals surface area contributed by atoms with E-state index in [4.69, 9.17) is 4.74 Å². The first kappa shape index (κ1) is 12.9. The number of nitrogens with zero attached hydrogens (tertiary/aromatic N) is 2. The first-order valence-corrected chi connectivity index (χ1v) is 7.63. The molecule has 0 fully saturated rings. The topological polar surface area (TPSA) is 41.2 Å². The molecule has 2 aliphatic heterocycles. The highest BCUT2D eigenvalue weighted by molar-refractivity contribution is 5.41. The van der Waals surface area contributed by atoms with E-state index < -0.39 is 0 Å². The summed E-state index contributed by atoms with van der Waals surface area (Å²) in [5.74, 6) is 1.05. The van der Waals surface area contributed by atoms with Gasteiger partial charge in [-0.3, -0.25) is 4.90 Å². The summed E-state index contributed by atoms with van der Waals surface area (Å²) in [5.41, 5.74) is 5.16. The number of H-pyrrole nitrogens is 1. The summed E-state index contributed by atoms with van der Waals surface area (Å²) in [4.78, 5) is 10.1. The van der Waals surface area contributed by atoms with Gasteiger partial charge in [-0.15, -0.1) is 0 Å². The largest absolute Gasteiger partial charge is 0.487 e. The molecule has 4 heteroatoms. The zero-order chi connectivity index (χ0) is 14.4. The molecular formula is C17H21N3O. The van der Waals surface area contributed by atoms with E-state index in [1.165, 1.54) is 22.5 Å². The van der Waals surface area contributed by atoms with E-state index in [2.05, 4.69) is 46.9 Å². The fraction of sp³-hybridized carbons (Fsp3) is 0.471. The summed E-state index contributed by atoms with van der Waals surface area (Å²) in [7, 11) is 0. The number of nitrogens with one attached hydrogen (secondary N) is 1. The molecule has 0 spiro atoms. The van der Waals surface area contributed by atoms with Crippen LogP contribution in [-0.4, -0.2) is 27.0 Å². The molecule has 2 aromatic rings. The molecule has 1 aromatic carbocycles. The lowest BCUT2D eigenvalue weighted by Crippen LogP contribution is -2.30. The quantitative estimate of drug-likeness (QED) is 0.921. The van der Waals surface area contributed by atoms with Crippen molar-refractivity contribution in [1.29, 1.82) is 0 Å². The van der Waals surface area contributed by atoms with Crippen molar-refractivity contribution in [3.63, 3.8) is 0 Å². The van der Waals surface area contributed by atoms with E-state index in [1.807, 2.05) is 6.33 Å². The first-order valence-electron chi connectivity index (χ1n) is 7.63. The predicted molar refractivity (Wildman–Crippen MR) is 81.3 cm³/mol. The molecule has 0 bridgehead atoms. The smallest absolute Gasteiger partial charge is 0.123 e. The Bertz CT molecular complexity index is 674. The van der Waals surface area contributed by atoms with Crippen molar-refractivity contribution in [3.8, 4) is 5.75 Å². The highest BCUT2D eigenvalue weighted by atomic mass is 16.5. The zero-order valence-electron chi connectivity index (χ0n) is 12.6. The number of aromatic nitrogens is 2. The summed E-state index contributed by atoms with van der Waals surface area (Å²) < 4.78 is 5.95. The van der Waals surface area contributed by atoms with Crippen molar-refractivity contribution < 1.29 is 4.74 Å². The van der Waals surface area contributed by atoms with Gasteiger partial charge < -0.3 is 9.72 Å². The van der Waals surface area contributed by atoms with E-state index in [1.54, 1.807) is 0 Å². The summed E-state index contributed by atoms with van der Waals surface area (Å²) >= 11 is 0. The van der Waals surface area contributed by atoms with Crippen LogP contribution in [-0.2, 0) is 25.9 Å². The Balaban J connectivity index is 1.49. The molecule has 110 valence electrons. The Morgan fingerprint density at radius 3 is 3.19 bits per heavy atom. The van der Waals surface area contributed by atoms with E-state index in [0.29, 0.717) is 0 Å². The van der Waals surface area contributed by atoms with Crippen molar-refractivity contribution in [2.75, 3.05) is 6.54 Å². The fourth-order valence-corrected chi connectivity index (χ4v) is 3.42. The third-order valence-electron chi connectivity index (χ3n) is 4.39. The lowest BCUT2D eigenvalue weighted by Gasteiger charge is -2.26. The van der Waals surface area contributed by atoms with E-state index >= 15 is 0 Å². The lowest BCUT2D eigenvalue weighted by molar-refractivity contribution is 0.138. The molecule has 0 radical (unpaired) electrons. The molecule has 0 amide bonds. The van der Waals surface area contributed by atoms with Crippen molar-refractivity contribution in [2.24, 2.45) is 0 Å². The molecule has 0 saturated heterocycles. The number of hydrogen-bond acceptors (Lipinski definition) is 3. The number of aromatic amines is 1. The number of imidazole rings is 1. The number of hydrogen-bond donors (Lipinski definition) is 1. The van der Waals surface area contributed by atoms with Gasteiger partial charge in [0.25, 0.3) is 0 Å². The van der Waals surface area contributed by atoms with Crippen LogP contribution in [0.5, 0.6) is 5.75 Å². The molecule has 1 N–H and O–H groups in total. The normalized spacial score (nSPS) is 19.9. The summed E-state index contributed by atoms with van der Waals surface area (Å²) in [6.07, 6.45) is 3.85. The van der Waals surface area contributed by atoms with Gasteiger partial charge in [0.1, 0.15) is 11.4 Å². The van der Waals surface area contributed by atoms with Crippen LogP contribution in [0.2, 0.25) is 0 Å². The first-order chi connectivity index (χ1) is 10.1. The van der Waals surface area contributed by atoms with Crippen LogP contribution in [0.15, 0.2) is 24.5 Å². The predicted octanol–water partition coefficient (Wildman–Crippen LogP) is 2.68. The van der Waals surface area contributed by atoms with Crippen molar-refractivity contribution in [2.45, 2.75) is 45.4 Å². The van der Waals surface area contributed by atoms with E-state index in [0.717, 1.165) is 38.2 Å². The second-order valence-electron chi connectivity index (χ2n) is 6.77. The second kappa shape index (κ2) is 4.60. The van der Waals surface area contributed by atoms with Gasteiger partial charge in [0.2, 0.25) is 0 Å². The average molecular weight is 283 g/mol. The minimum absolute atomic E-state index is 0.0586. The van der Waals surface area contributed by atoms with Crippen LogP contribution in [0.4, 0.5) is 0 Å². The van der Waals surface area contributed by atoms with Crippen LogP contribution >= 0.6 is 0 Å². The number of ether oxygens (including phenoxy) is 1. The van der Waals surface area contributed by atoms with Gasteiger partial charge in [-0.05, 0) is 31.0 Å². The minimum atomic E-state index is -0.0586. The van der Waals surface area contributed by atoms with E-state index in [9.17, 15) is 0 Å². The zero-order valence-corrected chi connectivity index (χ0v) is 12.6. The molecule has 0 atom stereocenters. The van der Waals surface area contributed by atoms with Crippen LogP contribution in [0.3, 0.4) is 0 Å². The Labute approximate surface area is 125 Å². The maximum Gasteiger partial charge on any atom is 0.123 e. The molecule has 2 aliphatic rings. The minimum Gasteiger partial charge on any atom is -0.487 e. The fourth-order valence-electron chi connectivity index (χ4n) is 3.42. The molecule has 3 heterocycles. The molecule has 1 aromatic heterocycles. The molecular weight excluding hydrogens is 262 g/mol. The monoisotopic (exact) mass is 283 g/mol. The van der Waals surface area contributed by atoms with Crippen LogP contribution in [0.25, 0.3) is 0 Å². The number of fused-ring (bicyclic) bond motifs is 2. The Hall–Kier alpha value is -1.81. The molecule has 0 aliphatic carbocycles. The van der Waals surface area contributed by atoms with Gasteiger partial charge in [0, 0.05) is 32.5 Å². The SMILES string of the molecule is CC1(C)Cc2cc(CN3CCc4nc[nH]c4C3)ccc2O1. The average Bonchev–Trinajstić information content (AvgIpc) is 2.99. The highest BCUT2D eigenvalue weighted by Gasteiger charge is 2.30. The molecule has 0 unspecified atom stereocenters. The third-order valence-corrected chi connectivity index (χ3v) is 4.39. The van der Waals surface area contributed by atoms with Crippen molar-refractivity contribution in [3.05, 3.63) is 47.0 Å². The van der Waals surface area contributed by atoms with Gasteiger partial charge in [0.15, 0.2) is 0 Å². The van der Waals surface area contributed by atoms with Gasteiger partial charge in [0.05, 0.1) is 17.7 Å². The Morgan fingerprint density at radius 1 is 1.38 bits per heavy atom. The van der Waals surface area contributed by atoms with Crippen LogP contribution in [0, 0.1) is 0 Å². The summed E-state index contributed by atoms with van der Waals surface area (Å²) in [6, 6.07) is 6.64. The second-order valence-corrected chi connectivity index (χ2v) is 6.77. The van der Waals surface area contributed by atoms with Gasteiger partial charge in [-0.2, -0.15) is 0 Å². The highest BCUT2D eigenvalue weighted by Crippen LogP contribution is 2.35. The van der Waals surface area contributed by atoms with E-state index in [-0.39, 0.29) is 5.60 Å². The van der Waals surface area contributed by atoms with Crippen molar-refractivity contribution >= 4 is 0 Å². The summed E-state index contributed by atoms with van der Waals surface area (Å²) in [6.45, 7) is 7.34. The van der Waals surface area contributed by atoms with Crippen LogP contribution < -0.4 is 4.74 Å². The lowest BCUT2D eigenvalue weighted by atomic mass is 10.00. The standard InChI is InChI=1S/C17H21N3O/c1-17(2)8-13-7-12(3-4-16(13)21-17)9-20-6-5-14-15(10-20)19-11-18-14/h3-4,7,11H,5-6,8-10H2,1-2H3,(H,18,19). The maximum atomic E-state index is 5.95. The van der Waals surface area contributed by atoms with Crippen molar-refractivity contribution in [1.82, 2.24) is 14.9 Å². The summed E-state index contributed by atoms with van der Waals surface area (Å²) in [5, 5.41) is 0. The Morgan fingerprint density at radius 2 is 2.29 bits per heavy atom. The molecule has 4 rings (SSSR count). The molecule has 4 nitrogen and oxygen atoms in total. The number of rotatable bonds is 2.